The van der Waals surface area contributed by atoms with Crippen molar-refractivity contribution in [2.24, 2.45) is 0 Å². The van der Waals surface area contributed by atoms with Gasteiger partial charge in [0, 0.05) is 0 Å². The second kappa shape index (κ2) is 10.0. The first-order valence-electron chi connectivity index (χ1n) is 5.95. The molecule has 0 aromatic rings. The normalized spacial score (nSPS) is 18.7. The molecule has 1 nitrogen and oxygen atoms in total. The first-order chi connectivity index (χ1) is 6.27. The van der Waals surface area contributed by atoms with Gasteiger partial charge in [0.15, 0.2) is 0 Å². The van der Waals surface area contributed by atoms with Crippen LogP contribution >= 0.6 is 0 Å². The quantitative estimate of drug-likeness (QED) is 0.708. The van der Waals surface area contributed by atoms with E-state index in [4.69, 9.17) is 5.11 Å². The SMILES string of the molecule is C1CCCCC1.CCCCC(C)O. The third-order valence-electron chi connectivity index (χ3n) is 2.48. The fourth-order valence-corrected chi connectivity index (χ4v) is 1.56. The maximum Gasteiger partial charge on any atom is 0.0512 e. The predicted octanol–water partition coefficient (Wildman–Crippen LogP) is 3.90. The van der Waals surface area contributed by atoms with Crippen molar-refractivity contribution in [1.29, 1.82) is 0 Å². The van der Waals surface area contributed by atoms with E-state index in [9.17, 15) is 0 Å². The summed E-state index contributed by atoms with van der Waals surface area (Å²) in [4.78, 5) is 0. The molecule has 1 aliphatic rings. The third-order valence-corrected chi connectivity index (χ3v) is 2.48. The molecule has 1 rings (SSSR count). The van der Waals surface area contributed by atoms with Crippen molar-refractivity contribution in [3.05, 3.63) is 0 Å². The van der Waals surface area contributed by atoms with Crippen molar-refractivity contribution in [3.8, 4) is 0 Å². The van der Waals surface area contributed by atoms with Crippen LogP contribution < -0.4 is 0 Å². The molecule has 0 radical (unpaired) electrons. The van der Waals surface area contributed by atoms with Crippen molar-refractivity contribution in [2.45, 2.75) is 77.7 Å². The zero-order chi connectivity index (χ0) is 9.94. The second-order valence-electron chi connectivity index (χ2n) is 4.11. The molecule has 1 aliphatic carbocycles. The van der Waals surface area contributed by atoms with Crippen LogP contribution in [0.1, 0.15) is 71.6 Å². The van der Waals surface area contributed by atoms with Crippen LogP contribution in [0, 0.1) is 0 Å². The minimum absolute atomic E-state index is 0.0973. The Hall–Kier alpha value is -0.0400. The highest BCUT2D eigenvalue weighted by Crippen LogP contribution is 2.15. The predicted molar refractivity (Wildman–Crippen MR) is 58.9 cm³/mol. The van der Waals surface area contributed by atoms with Gasteiger partial charge < -0.3 is 5.11 Å². The van der Waals surface area contributed by atoms with E-state index in [-0.39, 0.29) is 6.10 Å². The molecule has 0 aliphatic heterocycles. The summed E-state index contributed by atoms with van der Waals surface area (Å²) in [6.45, 7) is 3.96. The van der Waals surface area contributed by atoms with Crippen LogP contribution in [0.4, 0.5) is 0 Å². The average molecular weight is 186 g/mol. The molecule has 0 aromatic heterocycles. The molecule has 0 amide bonds. The number of unbranched alkanes of at least 4 members (excludes halogenated alkanes) is 1. The Morgan fingerprint density at radius 3 is 1.54 bits per heavy atom. The lowest BCUT2D eigenvalue weighted by Crippen LogP contribution is -1.97. The van der Waals surface area contributed by atoms with E-state index in [0.717, 1.165) is 12.8 Å². The minimum atomic E-state index is -0.0973. The molecule has 1 atom stereocenters. The Labute approximate surface area is 83.5 Å². The summed E-state index contributed by atoms with van der Waals surface area (Å²) in [5.74, 6) is 0. The highest BCUT2D eigenvalue weighted by molar-refractivity contribution is 4.51. The van der Waals surface area contributed by atoms with Gasteiger partial charge in [-0.15, -0.1) is 0 Å². The van der Waals surface area contributed by atoms with Gasteiger partial charge in [-0.05, 0) is 13.3 Å². The molecule has 0 spiro atoms. The number of aliphatic hydroxyl groups is 1. The summed E-state index contributed by atoms with van der Waals surface area (Å²) in [5, 5.41) is 8.68. The lowest BCUT2D eigenvalue weighted by molar-refractivity contribution is 0.181. The van der Waals surface area contributed by atoms with E-state index < -0.39 is 0 Å². The summed E-state index contributed by atoms with van der Waals surface area (Å²) in [6.07, 6.45) is 12.2. The molecule has 1 fully saturated rings. The molecule has 13 heavy (non-hydrogen) atoms. The van der Waals surface area contributed by atoms with Crippen LogP contribution in [-0.2, 0) is 0 Å². The molecule has 0 aromatic carbocycles. The first kappa shape index (κ1) is 13.0. The van der Waals surface area contributed by atoms with Gasteiger partial charge >= 0.3 is 0 Å². The van der Waals surface area contributed by atoms with E-state index in [1.807, 2.05) is 6.92 Å². The van der Waals surface area contributed by atoms with Gasteiger partial charge in [-0.25, -0.2) is 0 Å². The molecule has 1 saturated carbocycles. The van der Waals surface area contributed by atoms with Crippen LogP contribution in [0.15, 0.2) is 0 Å². The molecule has 1 heteroatoms. The van der Waals surface area contributed by atoms with Crippen molar-refractivity contribution < 1.29 is 5.11 Å². The van der Waals surface area contributed by atoms with Gasteiger partial charge in [-0.1, -0.05) is 58.3 Å². The zero-order valence-electron chi connectivity index (χ0n) is 9.39. The third kappa shape index (κ3) is 12.0. The molecular weight excluding hydrogens is 160 g/mol. The van der Waals surface area contributed by atoms with Crippen LogP contribution in [0.3, 0.4) is 0 Å². The molecule has 0 saturated heterocycles. The average Bonchev–Trinajstić information content (AvgIpc) is 2.18. The first-order valence-corrected chi connectivity index (χ1v) is 5.95. The summed E-state index contributed by atoms with van der Waals surface area (Å²) in [7, 11) is 0. The fraction of sp³-hybridized carbons (Fsp3) is 1.00. The lowest BCUT2D eigenvalue weighted by atomic mass is 10.0. The maximum absolute atomic E-state index is 8.68. The molecule has 80 valence electrons. The Morgan fingerprint density at radius 1 is 1.00 bits per heavy atom. The van der Waals surface area contributed by atoms with Gasteiger partial charge in [-0.2, -0.15) is 0 Å². The summed E-state index contributed by atoms with van der Waals surface area (Å²) in [6, 6.07) is 0. The molecule has 0 bridgehead atoms. The van der Waals surface area contributed by atoms with E-state index in [2.05, 4.69) is 6.92 Å². The van der Waals surface area contributed by atoms with Crippen LogP contribution in [-0.4, -0.2) is 11.2 Å². The Morgan fingerprint density at radius 2 is 1.38 bits per heavy atom. The monoisotopic (exact) mass is 186 g/mol. The lowest BCUT2D eigenvalue weighted by Gasteiger charge is -2.05. The van der Waals surface area contributed by atoms with Crippen LogP contribution in [0.25, 0.3) is 0 Å². The molecule has 1 unspecified atom stereocenters. The van der Waals surface area contributed by atoms with Crippen LogP contribution in [0.5, 0.6) is 0 Å². The van der Waals surface area contributed by atoms with Gasteiger partial charge in [0.05, 0.1) is 6.10 Å². The number of hydrogen-bond acceptors (Lipinski definition) is 1. The second-order valence-corrected chi connectivity index (χ2v) is 4.11. The summed E-state index contributed by atoms with van der Waals surface area (Å²) >= 11 is 0. The molecular formula is C12H26O. The van der Waals surface area contributed by atoms with Gasteiger partial charge in [0.1, 0.15) is 0 Å². The highest BCUT2D eigenvalue weighted by Gasteiger charge is 1.95. The number of aliphatic hydroxyl groups excluding tert-OH is 1. The zero-order valence-corrected chi connectivity index (χ0v) is 9.39. The Balaban J connectivity index is 0.000000223. The van der Waals surface area contributed by atoms with E-state index in [1.54, 1.807) is 0 Å². The van der Waals surface area contributed by atoms with Gasteiger partial charge in [0.25, 0.3) is 0 Å². The highest BCUT2D eigenvalue weighted by atomic mass is 16.3. The van der Waals surface area contributed by atoms with Crippen molar-refractivity contribution in [3.63, 3.8) is 0 Å². The van der Waals surface area contributed by atoms with E-state index >= 15 is 0 Å². The Bertz CT molecular complexity index is 73.6. The van der Waals surface area contributed by atoms with E-state index in [0.29, 0.717) is 0 Å². The standard InChI is InChI=1S/C6H14O.C6H12/c1-3-4-5-6(2)7;1-2-4-6-5-3-1/h6-7H,3-5H2,1-2H3;1-6H2. The number of hydrogen-bond donors (Lipinski definition) is 1. The number of rotatable bonds is 3. The smallest absolute Gasteiger partial charge is 0.0512 e. The minimum Gasteiger partial charge on any atom is -0.393 e. The van der Waals surface area contributed by atoms with E-state index in [1.165, 1.54) is 44.9 Å². The Kier molecular flexibility index (Phi) is 10.0. The fourth-order valence-electron chi connectivity index (χ4n) is 1.56. The van der Waals surface area contributed by atoms with Gasteiger partial charge in [-0.3, -0.25) is 0 Å². The van der Waals surface area contributed by atoms with Crippen molar-refractivity contribution in [2.75, 3.05) is 0 Å². The van der Waals surface area contributed by atoms with Crippen molar-refractivity contribution >= 4 is 0 Å². The molecule has 0 heterocycles. The van der Waals surface area contributed by atoms with Crippen molar-refractivity contribution in [1.82, 2.24) is 0 Å². The largest absolute Gasteiger partial charge is 0.393 e. The van der Waals surface area contributed by atoms with Gasteiger partial charge in [0.2, 0.25) is 0 Å². The topological polar surface area (TPSA) is 20.2 Å². The summed E-state index contributed by atoms with van der Waals surface area (Å²) < 4.78 is 0. The van der Waals surface area contributed by atoms with Crippen LogP contribution in [0.2, 0.25) is 0 Å². The molecule has 1 N–H and O–H groups in total. The maximum atomic E-state index is 8.68. The summed E-state index contributed by atoms with van der Waals surface area (Å²) in [5.41, 5.74) is 0.